The van der Waals surface area contributed by atoms with Gasteiger partial charge in [-0.2, -0.15) is 0 Å². The van der Waals surface area contributed by atoms with E-state index in [0.29, 0.717) is 6.54 Å². The topological polar surface area (TPSA) is 46.3 Å². The molecule has 3 nitrogen and oxygen atoms in total. The average Bonchev–Trinajstić information content (AvgIpc) is 2.38. The van der Waals surface area contributed by atoms with Gasteiger partial charge in [0.1, 0.15) is 0 Å². The lowest BCUT2D eigenvalue weighted by molar-refractivity contribution is -0.131. The predicted octanol–water partition coefficient (Wildman–Crippen LogP) is 1.99. The summed E-state index contributed by atoms with van der Waals surface area (Å²) in [6, 6.07) is 9.96. The van der Waals surface area contributed by atoms with Crippen molar-refractivity contribution in [2.75, 3.05) is 20.1 Å². The van der Waals surface area contributed by atoms with Crippen LogP contribution in [0.3, 0.4) is 0 Å². The minimum Gasteiger partial charge on any atom is -0.345 e. The smallest absolute Gasteiger partial charge is 0.229 e. The molecule has 0 heterocycles. The van der Waals surface area contributed by atoms with Crippen molar-refractivity contribution in [3.8, 4) is 0 Å². The summed E-state index contributed by atoms with van der Waals surface area (Å²) in [5, 5.41) is 0. The monoisotopic (exact) mass is 234 g/mol. The van der Waals surface area contributed by atoms with Gasteiger partial charge in [-0.05, 0) is 24.9 Å². The van der Waals surface area contributed by atoms with E-state index in [1.165, 1.54) is 0 Å². The number of hydrogen-bond acceptors (Lipinski definition) is 2. The summed E-state index contributed by atoms with van der Waals surface area (Å²) < 4.78 is 0. The molecule has 3 heteroatoms. The third-order valence-electron chi connectivity index (χ3n) is 2.98. The van der Waals surface area contributed by atoms with Gasteiger partial charge in [-0.15, -0.1) is 0 Å². The van der Waals surface area contributed by atoms with E-state index in [4.69, 9.17) is 5.73 Å². The first-order chi connectivity index (χ1) is 8.20. The number of benzene rings is 1. The van der Waals surface area contributed by atoms with Crippen LogP contribution in [0.2, 0.25) is 0 Å². The minimum atomic E-state index is -0.0287. The van der Waals surface area contributed by atoms with Crippen LogP contribution < -0.4 is 5.73 Å². The third-order valence-corrected chi connectivity index (χ3v) is 2.98. The Kier molecular flexibility index (Phi) is 5.70. The molecule has 0 spiro atoms. The van der Waals surface area contributed by atoms with Gasteiger partial charge in [0.2, 0.25) is 5.91 Å². The Morgan fingerprint density at radius 1 is 1.35 bits per heavy atom. The molecule has 0 fully saturated rings. The molecule has 1 atom stereocenters. The Balaban J connectivity index is 2.71. The molecule has 0 aliphatic rings. The van der Waals surface area contributed by atoms with Crippen LogP contribution in [0.15, 0.2) is 30.3 Å². The van der Waals surface area contributed by atoms with Crippen LogP contribution in [0, 0.1) is 0 Å². The maximum atomic E-state index is 12.3. The molecule has 0 aliphatic carbocycles. The van der Waals surface area contributed by atoms with Crippen molar-refractivity contribution in [2.45, 2.75) is 25.7 Å². The van der Waals surface area contributed by atoms with Gasteiger partial charge in [0.05, 0.1) is 5.92 Å². The number of likely N-dealkylation sites (N-methyl/N-ethyl adjacent to an activating group) is 1. The van der Waals surface area contributed by atoms with E-state index in [2.05, 4.69) is 0 Å². The lowest BCUT2D eigenvalue weighted by atomic mass is 9.95. The standard InChI is InChI=1S/C14H22N2O/c1-3-13(12-8-5-4-6-9-12)14(17)16(2)11-7-10-15/h4-6,8-9,13H,3,7,10-11,15H2,1-2H3. The number of nitrogens with two attached hydrogens (primary N) is 1. The minimum absolute atomic E-state index is 0.0287. The molecule has 2 N–H and O–H groups in total. The van der Waals surface area contributed by atoms with Gasteiger partial charge in [0, 0.05) is 13.6 Å². The SMILES string of the molecule is CCC(C(=O)N(C)CCCN)c1ccccc1. The highest BCUT2D eigenvalue weighted by molar-refractivity contribution is 5.83. The van der Waals surface area contributed by atoms with Gasteiger partial charge >= 0.3 is 0 Å². The lowest BCUT2D eigenvalue weighted by Gasteiger charge is -2.23. The first-order valence-corrected chi connectivity index (χ1v) is 6.20. The van der Waals surface area contributed by atoms with Gasteiger partial charge in [-0.3, -0.25) is 4.79 Å². The van der Waals surface area contributed by atoms with Crippen molar-refractivity contribution in [1.82, 2.24) is 4.90 Å². The Hall–Kier alpha value is -1.35. The van der Waals surface area contributed by atoms with Crippen LogP contribution in [0.25, 0.3) is 0 Å². The van der Waals surface area contributed by atoms with E-state index in [9.17, 15) is 4.79 Å². The molecule has 0 saturated carbocycles. The van der Waals surface area contributed by atoms with E-state index >= 15 is 0 Å². The summed E-state index contributed by atoms with van der Waals surface area (Å²) in [4.78, 5) is 14.1. The molecule has 0 radical (unpaired) electrons. The first kappa shape index (κ1) is 13.7. The molecule has 17 heavy (non-hydrogen) atoms. The number of carbonyl (C=O) groups is 1. The fourth-order valence-corrected chi connectivity index (χ4v) is 1.94. The second kappa shape index (κ2) is 7.07. The molecule has 1 rings (SSSR count). The van der Waals surface area contributed by atoms with E-state index in [0.717, 1.165) is 24.9 Å². The second-order valence-electron chi connectivity index (χ2n) is 4.27. The van der Waals surface area contributed by atoms with Crippen LogP contribution >= 0.6 is 0 Å². The molecule has 0 aromatic heterocycles. The van der Waals surface area contributed by atoms with Gasteiger partial charge < -0.3 is 10.6 Å². The van der Waals surface area contributed by atoms with Crippen molar-refractivity contribution < 1.29 is 4.79 Å². The van der Waals surface area contributed by atoms with Crippen LogP contribution in [-0.2, 0) is 4.79 Å². The summed E-state index contributed by atoms with van der Waals surface area (Å²) in [6.07, 6.45) is 1.68. The van der Waals surface area contributed by atoms with Crippen molar-refractivity contribution in [1.29, 1.82) is 0 Å². The molecular formula is C14H22N2O. The molecule has 0 bridgehead atoms. The predicted molar refractivity (Wildman–Crippen MR) is 70.8 cm³/mol. The summed E-state index contributed by atoms with van der Waals surface area (Å²) >= 11 is 0. The molecule has 0 aliphatic heterocycles. The van der Waals surface area contributed by atoms with Crippen molar-refractivity contribution in [3.05, 3.63) is 35.9 Å². The number of amides is 1. The molecule has 94 valence electrons. The number of hydrogen-bond donors (Lipinski definition) is 1. The zero-order valence-electron chi connectivity index (χ0n) is 10.7. The van der Waals surface area contributed by atoms with Gasteiger partial charge in [-0.1, -0.05) is 37.3 Å². The maximum absolute atomic E-state index is 12.3. The van der Waals surface area contributed by atoms with E-state index in [1.807, 2.05) is 44.3 Å². The summed E-state index contributed by atoms with van der Waals surface area (Å²) in [7, 11) is 1.85. The Morgan fingerprint density at radius 3 is 2.53 bits per heavy atom. The zero-order valence-corrected chi connectivity index (χ0v) is 10.7. The highest BCUT2D eigenvalue weighted by Gasteiger charge is 2.21. The van der Waals surface area contributed by atoms with Crippen LogP contribution in [0.5, 0.6) is 0 Å². The van der Waals surface area contributed by atoms with Crippen LogP contribution in [-0.4, -0.2) is 30.9 Å². The zero-order chi connectivity index (χ0) is 12.7. The van der Waals surface area contributed by atoms with Crippen molar-refractivity contribution in [2.24, 2.45) is 5.73 Å². The lowest BCUT2D eigenvalue weighted by Crippen LogP contribution is -2.33. The molecule has 0 saturated heterocycles. The Bertz CT molecular complexity index is 337. The normalized spacial score (nSPS) is 12.2. The molecule has 1 unspecified atom stereocenters. The third kappa shape index (κ3) is 3.86. The number of carbonyl (C=O) groups excluding carboxylic acids is 1. The van der Waals surface area contributed by atoms with E-state index in [1.54, 1.807) is 4.90 Å². The number of rotatable bonds is 6. The fraction of sp³-hybridized carbons (Fsp3) is 0.500. The van der Waals surface area contributed by atoms with E-state index in [-0.39, 0.29) is 11.8 Å². The highest BCUT2D eigenvalue weighted by Crippen LogP contribution is 2.21. The Morgan fingerprint density at radius 2 is 2.00 bits per heavy atom. The summed E-state index contributed by atoms with van der Waals surface area (Å²) in [6.45, 7) is 3.41. The Labute approximate surface area is 104 Å². The van der Waals surface area contributed by atoms with Crippen LogP contribution in [0.1, 0.15) is 31.2 Å². The molecule has 1 amide bonds. The maximum Gasteiger partial charge on any atom is 0.229 e. The molecular weight excluding hydrogens is 212 g/mol. The quantitative estimate of drug-likeness (QED) is 0.818. The van der Waals surface area contributed by atoms with Crippen molar-refractivity contribution >= 4 is 5.91 Å². The fourth-order valence-electron chi connectivity index (χ4n) is 1.94. The largest absolute Gasteiger partial charge is 0.345 e. The van der Waals surface area contributed by atoms with Gasteiger partial charge in [0.15, 0.2) is 0 Å². The average molecular weight is 234 g/mol. The van der Waals surface area contributed by atoms with Crippen molar-refractivity contribution in [3.63, 3.8) is 0 Å². The second-order valence-corrected chi connectivity index (χ2v) is 4.27. The summed E-state index contributed by atoms with van der Waals surface area (Å²) in [5.74, 6) is 0.158. The molecule has 1 aromatic rings. The highest BCUT2D eigenvalue weighted by atomic mass is 16.2. The number of nitrogens with zero attached hydrogens (tertiary/aromatic N) is 1. The van der Waals surface area contributed by atoms with E-state index < -0.39 is 0 Å². The van der Waals surface area contributed by atoms with Crippen LogP contribution in [0.4, 0.5) is 0 Å². The van der Waals surface area contributed by atoms with Gasteiger partial charge in [-0.25, -0.2) is 0 Å². The first-order valence-electron chi connectivity index (χ1n) is 6.20. The summed E-state index contributed by atoms with van der Waals surface area (Å²) in [5.41, 5.74) is 6.56. The molecule has 1 aromatic carbocycles. The van der Waals surface area contributed by atoms with Gasteiger partial charge in [0.25, 0.3) is 0 Å².